The molecule has 0 aliphatic carbocycles. The number of aliphatic hydroxyl groups excluding tert-OH is 1. The largest absolute Gasteiger partial charge is 0.870 e. The number of phenolic OH excluding ortho intramolecular Hbond substituents is 3. The summed E-state index contributed by atoms with van der Waals surface area (Å²) in [5, 5.41) is 70.7. The van der Waals surface area contributed by atoms with Crippen molar-refractivity contribution in [3.8, 4) is 17.2 Å². The Morgan fingerprint density at radius 3 is 0.867 bits per heavy atom. The van der Waals surface area contributed by atoms with Crippen LogP contribution in [0, 0.1) is 0 Å². The second kappa shape index (κ2) is 74.3. The summed E-state index contributed by atoms with van der Waals surface area (Å²) in [5.74, 6) is -3.37. The van der Waals surface area contributed by atoms with Gasteiger partial charge in [0.15, 0.2) is 0 Å². The van der Waals surface area contributed by atoms with Crippen LogP contribution < -0.4 is 164 Å². The van der Waals surface area contributed by atoms with Crippen LogP contribution in [0.2, 0.25) is 0 Å². The van der Waals surface area contributed by atoms with Crippen LogP contribution in [0.15, 0.2) is 72.8 Å². The number of aromatic hydroxyl groups is 3. The van der Waals surface area contributed by atoms with Crippen molar-refractivity contribution in [2.24, 2.45) is 0 Å². The first-order valence-corrected chi connectivity index (χ1v) is 30.1. The molecule has 3 aromatic rings. The molecule has 0 heterocycles. The number of benzene rings is 3. The number of phenols is 3. The zero-order valence-corrected chi connectivity index (χ0v) is 59.4. The van der Waals surface area contributed by atoms with E-state index in [2.05, 4.69) is 16.0 Å². The Bertz CT molecular complexity index is 1640. The van der Waals surface area contributed by atoms with E-state index >= 15 is 0 Å². The van der Waals surface area contributed by atoms with Crippen molar-refractivity contribution in [3.05, 3.63) is 89.5 Å². The number of halogens is 4. The molecule has 75 heavy (non-hydrogen) atoms. The number of hydrogen-bond acceptors (Lipinski definition) is 12. The molecular formula is C46H68Cl4N3Na6O16+. The minimum atomic E-state index is -1.00. The number of carbonyl (C=O) groups excluding carboxylic acids is 4. The summed E-state index contributed by atoms with van der Waals surface area (Å²) in [4.78, 5) is 74.2. The fourth-order valence-electron chi connectivity index (χ4n) is 5.68. The van der Waals surface area contributed by atoms with Crippen molar-refractivity contribution in [2.75, 3.05) is 19.6 Å². The maximum Gasteiger partial charge on any atom is -0.870 e. The molecular weight excluding hydrogens is 1130 g/mol. The predicted octanol–water partition coefficient (Wildman–Crippen LogP) is -13.0. The topological polar surface area (TPSA) is 362 Å². The van der Waals surface area contributed by atoms with E-state index in [0.717, 1.165) is 77.0 Å². The van der Waals surface area contributed by atoms with Crippen molar-refractivity contribution < 1.29 is 223 Å². The SMILES string of the molecule is Cl.Cl.O.O=C(O)CCCCCCCNC(=O)c1ccccc1O.O=C(O)CCCCCCCNC(=O)c1ccccc1O.O=C([O-])CCCCCCCNC(=O)c1ccccc1O.O=[C+]O.[Cl-].[Cl-].[Na+].[Na+].[Na+].[Na+].[Na][Na].[OH-]. The Balaban J connectivity index is -0.0000000713. The standard InChI is InChI=1S/3C15H21NO4.CHO2.4ClH.6Na.2H2O/c3*17-13-9-6-5-8-12(13)15(20)16-11-7-3-1-2-4-10-14(18)19;2-1-3;;;;;;;;;;;;/h3*5-6,8-9,17H,1-4,7,10-11H2,(H,16,20)(H,18,19);(H,2,3);4*1H;;;;;;;2*1H2/q;;;+1;;;;;;;4*+1;;/p-4. The van der Waals surface area contributed by atoms with Gasteiger partial charge in [-0.1, -0.05) is 94.2 Å². The Morgan fingerprint density at radius 1 is 0.453 bits per heavy atom. The summed E-state index contributed by atoms with van der Waals surface area (Å²) in [6.45, 7) is 2.17. The summed E-state index contributed by atoms with van der Waals surface area (Å²) in [7, 11) is 0. The number of nitrogens with one attached hydrogen (secondary N) is 3. The number of hydrogen-bond donors (Lipinski definition) is 9. The fraction of sp³-hybridized carbons (Fsp3) is 0.457. The number of carboxylic acids is 3. The van der Waals surface area contributed by atoms with Gasteiger partial charge in [0.1, 0.15) is 17.2 Å². The van der Waals surface area contributed by atoms with Crippen LogP contribution in [0.4, 0.5) is 0 Å². The zero-order chi connectivity index (χ0) is 49.1. The normalized spacial score (nSPS) is 8.37. The summed E-state index contributed by atoms with van der Waals surface area (Å²) >= 11 is 2.89. The van der Waals surface area contributed by atoms with Gasteiger partial charge >= 0.3 is 180 Å². The average Bonchev–Trinajstić information content (AvgIpc) is 3.27. The Kier molecular flexibility index (Phi) is 103. The second-order valence-corrected chi connectivity index (χ2v) is 14.1. The molecule has 3 amide bonds. The van der Waals surface area contributed by atoms with Crippen LogP contribution in [0.5, 0.6) is 17.2 Å². The molecule has 0 spiro atoms. The first-order valence-electron chi connectivity index (χ1n) is 22.1. The number of aliphatic carboxylic acids is 3. The molecule has 0 atom stereocenters. The Hall–Kier alpha value is 0.340. The average molecular weight is 1200 g/mol. The molecule has 396 valence electrons. The van der Waals surface area contributed by atoms with E-state index in [1.54, 1.807) is 54.6 Å². The molecule has 0 unspecified atom stereocenters. The minimum Gasteiger partial charge on any atom is -0.870 e. The molecule has 0 saturated carbocycles. The summed E-state index contributed by atoms with van der Waals surface area (Å²) < 4.78 is 0. The molecule has 29 heteroatoms. The van der Waals surface area contributed by atoms with E-state index in [1.807, 2.05) is 0 Å². The zero-order valence-electron chi connectivity index (χ0n) is 44.2. The Morgan fingerprint density at radius 2 is 0.653 bits per heavy atom. The van der Waals surface area contributed by atoms with Crippen LogP contribution in [0.25, 0.3) is 0 Å². The molecule has 0 aliphatic heterocycles. The van der Waals surface area contributed by atoms with Crippen LogP contribution in [0.3, 0.4) is 0 Å². The van der Waals surface area contributed by atoms with Gasteiger partial charge in [0.05, 0.1) is 21.5 Å². The number of carbonyl (C=O) groups is 6. The van der Waals surface area contributed by atoms with E-state index in [9.17, 15) is 49.2 Å². The molecule has 0 radical (unpaired) electrons. The van der Waals surface area contributed by atoms with Crippen LogP contribution >= 0.6 is 24.8 Å². The van der Waals surface area contributed by atoms with Gasteiger partial charge in [0, 0.05) is 38.4 Å². The van der Waals surface area contributed by atoms with Crippen molar-refractivity contribution in [3.63, 3.8) is 0 Å². The fourth-order valence-corrected chi connectivity index (χ4v) is 5.68. The maximum absolute atomic E-state index is 11.7. The van der Waals surface area contributed by atoms with Gasteiger partial charge in [-0.05, 0) is 81.3 Å². The smallest absolute Gasteiger partial charge is 0.870 e. The first kappa shape index (κ1) is 104. The van der Waals surface area contributed by atoms with Crippen LogP contribution in [-0.4, -0.2) is 147 Å². The number of rotatable bonds is 27. The molecule has 0 aliphatic rings. The number of amides is 3. The molecule has 0 bridgehead atoms. The van der Waals surface area contributed by atoms with Crippen molar-refractivity contribution in [1.29, 1.82) is 0 Å². The third-order valence-corrected chi connectivity index (χ3v) is 9.00. The number of carboxylic acid groups (broad SMARTS) is 3. The van der Waals surface area contributed by atoms with Gasteiger partial charge in [0.25, 0.3) is 17.7 Å². The molecule has 0 saturated heterocycles. The third kappa shape index (κ3) is 63.4. The minimum absolute atomic E-state index is 0. The van der Waals surface area contributed by atoms with Gasteiger partial charge in [-0.15, -0.1) is 24.8 Å². The maximum atomic E-state index is 11.7. The molecule has 0 aromatic heterocycles. The van der Waals surface area contributed by atoms with Gasteiger partial charge < -0.3 is 87.2 Å². The number of unbranched alkanes of at least 4 members (excludes halogenated alkanes) is 12. The van der Waals surface area contributed by atoms with E-state index < -0.39 is 17.9 Å². The van der Waals surface area contributed by atoms with Gasteiger partial charge in [-0.25, -0.2) is 5.11 Å². The van der Waals surface area contributed by atoms with Gasteiger partial charge in [-0.2, -0.15) is 0 Å². The van der Waals surface area contributed by atoms with Crippen LogP contribution in [-0.2, 0) is 19.2 Å². The van der Waals surface area contributed by atoms with E-state index in [1.165, 1.54) is 61.8 Å². The monoisotopic (exact) mass is 1200 g/mol. The molecule has 3 aromatic carbocycles. The predicted molar refractivity (Wildman–Crippen MR) is 265 cm³/mol. The molecule has 12 N–H and O–H groups in total. The molecule has 19 nitrogen and oxygen atoms in total. The van der Waals surface area contributed by atoms with E-state index in [4.69, 9.17) is 20.1 Å². The quantitative estimate of drug-likeness (QED) is 0.0195. The van der Waals surface area contributed by atoms with Crippen molar-refractivity contribution in [2.45, 2.75) is 116 Å². The number of para-hydroxylation sites is 3. The summed E-state index contributed by atoms with van der Waals surface area (Å²) in [5.41, 5.74) is 0.851. The van der Waals surface area contributed by atoms with E-state index in [0.29, 0.717) is 45.4 Å². The molecule has 0 fully saturated rings. The van der Waals surface area contributed by atoms with Gasteiger partial charge in [0.2, 0.25) is 0 Å². The summed E-state index contributed by atoms with van der Waals surface area (Å²) in [6, 6.07) is 19.3. The second-order valence-electron chi connectivity index (χ2n) is 14.1. The summed E-state index contributed by atoms with van der Waals surface area (Å²) in [6.07, 6.45) is 13.6. The van der Waals surface area contributed by atoms with Gasteiger partial charge in [-0.3, -0.25) is 24.0 Å². The Labute approximate surface area is 583 Å². The molecule has 3 rings (SSSR count). The third-order valence-electron chi connectivity index (χ3n) is 9.00. The van der Waals surface area contributed by atoms with E-state index in [-0.39, 0.29) is 250 Å². The van der Waals surface area contributed by atoms with Crippen LogP contribution in [0.1, 0.15) is 147 Å². The first-order chi connectivity index (χ1) is 31.2. The van der Waals surface area contributed by atoms with Crippen molar-refractivity contribution in [1.82, 2.24) is 16.0 Å². The van der Waals surface area contributed by atoms with Crippen molar-refractivity contribution >= 4 is 111 Å².